The topological polar surface area (TPSA) is 92.8 Å². The van der Waals surface area contributed by atoms with Gasteiger partial charge in [-0.05, 0) is 50.1 Å². The number of carbonyl (C=O) groups is 1. The number of rotatable bonds is 4. The maximum atomic E-state index is 13.1. The molecule has 8 nitrogen and oxygen atoms in total. The van der Waals surface area contributed by atoms with Crippen LogP contribution in [0.25, 0.3) is 0 Å². The lowest BCUT2D eigenvalue weighted by atomic mass is 9.77. The molecule has 0 radical (unpaired) electrons. The molecule has 1 amide bonds. The number of carbonyl (C=O) groups excluding carboxylic acids is 1. The number of aliphatic hydroxyl groups is 1. The monoisotopic (exact) mass is 417 g/mol. The highest BCUT2D eigenvalue weighted by Crippen LogP contribution is 2.38. The maximum Gasteiger partial charge on any atom is 0.345 e. The SMILES string of the molecule is CC(C)Cc1cc(C(=O)N2C[C@H]3C[C@@H](N4CCN(C)CC4)[C@H](O)C[C@H]3C2)nc(=O)[nH]1. The Bertz CT molecular complexity index is 817. The van der Waals surface area contributed by atoms with E-state index in [9.17, 15) is 14.7 Å². The number of likely N-dealkylation sites (tertiary alicyclic amines) is 1. The van der Waals surface area contributed by atoms with E-state index in [1.165, 1.54) is 0 Å². The summed E-state index contributed by atoms with van der Waals surface area (Å²) >= 11 is 0. The van der Waals surface area contributed by atoms with Gasteiger partial charge in [0.2, 0.25) is 0 Å². The molecule has 0 aromatic carbocycles. The second kappa shape index (κ2) is 8.77. The van der Waals surface area contributed by atoms with Gasteiger partial charge >= 0.3 is 5.69 Å². The number of likely N-dealkylation sites (N-methyl/N-ethyl adjacent to an activating group) is 1. The van der Waals surface area contributed by atoms with Gasteiger partial charge in [-0.15, -0.1) is 0 Å². The van der Waals surface area contributed by atoms with Gasteiger partial charge < -0.3 is 19.9 Å². The average molecular weight is 418 g/mol. The summed E-state index contributed by atoms with van der Waals surface area (Å²) in [6.07, 6.45) is 2.05. The van der Waals surface area contributed by atoms with Crippen LogP contribution in [0.1, 0.15) is 42.9 Å². The Morgan fingerprint density at radius 1 is 1.20 bits per heavy atom. The van der Waals surface area contributed by atoms with E-state index >= 15 is 0 Å². The number of aromatic amines is 1. The van der Waals surface area contributed by atoms with Crippen LogP contribution < -0.4 is 5.69 Å². The molecule has 1 aromatic rings. The predicted octanol–water partition coefficient (Wildman–Crippen LogP) is 0.427. The molecule has 0 unspecified atom stereocenters. The molecule has 1 saturated carbocycles. The lowest BCUT2D eigenvalue weighted by molar-refractivity contribution is -0.0249. The number of amides is 1. The quantitative estimate of drug-likeness (QED) is 0.738. The highest BCUT2D eigenvalue weighted by atomic mass is 16.3. The Balaban J connectivity index is 1.43. The Hall–Kier alpha value is -1.77. The highest BCUT2D eigenvalue weighted by Gasteiger charge is 2.45. The third kappa shape index (κ3) is 4.60. The van der Waals surface area contributed by atoms with Crippen molar-refractivity contribution in [2.24, 2.45) is 17.8 Å². The van der Waals surface area contributed by atoms with Gasteiger partial charge in [-0.25, -0.2) is 4.79 Å². The van der Waals surface area contributed by atoms with Gasteiger partial charge in [0.25, 0.3) is 5.91 Å². The molecule has 0 spiro atoms. The summed E-state index contributed by atoms with van der Waals surface area (Å²) < 4.78 is 0. The number of piperazine rings is 1. The largest absolute Gasteiger partial charge is 0.391 e. The van der Waals surface area contributed by atoms with E-state index in [1.54, 1.807) is 6.07 Å². The third-order valence-electron chi connectivity index (χ3n) is 7.05. The number of fused-ring (bicyclic) bond motifs is 1. The van der Waals surface area contributed by atoms with Gasteiger partial charge in [-0.3, -0.25) is 9.69 Å². The Morgan fingerprint density at radius 3 is 2.53 bits per heavy atom. The standard InChI is InChI=1S/C22H35N5O3/c1-14(2)8-17-11-18(24-22(30)23-17)21(29)27-12-15-9-19(20(28)10-16(15)13-27)26-6-4-25(3)5-7-26/h11,14-16,19-20,28H,4-10,12-13H2,1-3H3,(H,23,24,30)/t15-,16+,19-,20-/m1/s1. The molecule has 2 saturated heterocycles. The number of hydrogen-bond donors (Lipinski definition) is 2. The smallest absolute Gasteiger partial charge is 0.345 e. The fourth-order valence-electron chi connectivity index (χ4n) is 5.45. The van der Waals surface area contributed by atoms with Crippen LogP contribution in [-0.2, 0) is 6.42 Å². The highest BCUT2D eigenvalue weighted by molar-refractivity contribution is 5.92. The van der Waals surface area contributed by atoms with Crippen LogP contribution in [-0.4, -0.2) is 94.1 Å². The van der Waals surface area contributed by atoms with Crippen LogP contribution >= 0.6 is 0 Å². The summed E-state index contributed by atoms with van der Waals surface area (Å²) in [7, 11) is 2.14. The Morgan fingerprint density at radius 2 is 1.87 bits per heavy atom. The summed E-state index contributed by atoms with van der Waals surface area (Å²) in [6, 6.07) is 1.92. The second-order valence-electron chi connectivity index (χ2n) is 9.87. The normalized spacial score (nSPS) is 30.6. The van der Waals surface area contributed by atoms with Crippen molar-refractivity contribution in [2.75, 3.05) is 46.3 Å². The zero-order valence-electron chi connectivity index (χ0n) is 18.4. The zero-order chi connectivity index (χ0) is 21.4. The Kier molecular flexibility index (Phi) is 6.27. The van der Waals surface area contributed by atoms with Gasteiger partial charge in [0, 0.05) is 51.0 Å². The molecule has 4 atom stereocenters. The molecule has 8 heteroatoms. The fourth-order valence-corrected chi connectivity index (χ4v) is 5.45. The lowest BCUT2D eigenvalue weighted by Crippen LogP contribution is -2.55. The first kappa shape index (κ1) is 21.5. The summed E-state index contributed by atoms with van der Waals surface area (Å²) in [4.78, 5) is 38.4. The molecule has 0 bridgehead atoms. The summed E-state index contributed by atoms with van der Waals surface area (Å²) in [5, 5.41) is 10.8. The molecule has 30 heavy (non-hydrogen) atoms. The van der Waals surface area contributed by atoms with E-state index < -0.39 is 5.69 Å². The molecule has 4 rings (SSSR count). The van der Waals surface area contributed by atoms with Crippen molar-refractivity contribution >= 4 is 5.91 Å². The molecular formula is C22H35N5O3. The summed E-state index contributed by atoms with van der Waals surface area (Å²) in [5.41, 5.74) is 0.540. The van der Waals surface area contributed by atoms with Gasteiger partial charge in [-0.2, -0.15) is 4.98 Å². The van der Waals surface area contributed by atoms with E-state index in [2.05, 4.69) is 40.7 Å². The minimum atomic E-state index is -0.460. The van der Waals surface area contributed by atoms with E-state index in [1.807, 2.05) is 4.90 Å². The molecule has 2 N–H and O–H groups in total. The number of nitrogens with zero attached hydrogens (tertiary/aromatic N) is 4. The van der Waals surface area contributed by atoms with Crippen LogP contribution in [0.2, 0.25) is 0 Å². The number of nitrogens with one attached hydrogen (secondary N) is 1. The molecule has 3 aliphatic rings. The van der Waals surface area contributed by atoms with Crippen molar-refractivity contribution in [1.29, 1.82) is 0 Å². The van der Waals surface area contributed by atoms with Crippen LogP contribution in [0.5, 0.6) is 0 Å². The number of H-pyrrole nitrogens is 1. The number of hydrogen-bond acceptors (Lipinski definition) is 6. The van der Waals surface area contributed by atoms with E-state index in [0.29, 0.717) is 37.3 Å². The first-order chi connectivity index (χ1) is 14.3. The van der Waals surface area contributed by atoms with Crippen LogP contribution in [0.4, 0.5) is 0 Å². The van der Waals surface area contributed by atoms with Gasteiger partial charge in [-0.1, -0.05) is 13.8 Å². The second-order valence-corrected chi connectivity index (χ2v) is 9.87. The van der Waals surface area contributed by atoms with E-state index in [0.717, 1.165) is 44.7 Å². The molecule has 166 valence electrons. The van der Waals surface area contributed by atoms with Crippen LogP contribution in [0.15, 0.2) is 10.9 Å². The van der Waals surface area contributed by atoms with E-state index in [4.69, 9.17) is 0 Å². The fraction of sp³-hybridized carbons (Fsp3) is 0.773. The molecule has 1 aromatic heterocycles. The number of aromatic nitrogens is 2. The molecule has 1 aliphatic carbocycles. The summed E-state index contributed by atoms with van der Waals surface area (Å²) in [6.45, 7) is 9.55. The minimum absolute atomic E-state index is 0.161. The van der Waals surface area contributed by atoms with Crippen molar-refractivity contribution in [3.05, 3.63) is 27.9 Å². The average Bonchev–Trinajstić information content (AvgIpc) is 3.09. The first-order valence-electron chi connectivity index (χ1n) is 11.3. The van der Waals surface area contributed by atoms with Gasteiger partial charge in [0.15, 0.2) is 0 Å². The van der Waals surface area contributed by atoms with E-state index in [-0.39, 0.29) is 23.7 Å². The van der Waals surface area contributed by atoms with Crippen LogP contribution in [0.3, 0.4) is 0 Å². The van der Waals surface area contributed by atoms with Crippen LogP contribution in [0, 0.1) is 17.8 Å². The predicted molar refractivity (Wildman–Crippen MR) is 114 cm³/mol. The van der Waals surface area contributed by atoms with Crippen molar-refractivity contribution in [1.82, 2.24) is 24.7 Å². The minimum Gasteiger partial charge on any atom is -0.391 e. The van der Waals surface area contributed by atoms with Crippen molar-refractivity contribution in [3.63, 3.8) is 0 Å². The Labute approximate surface area is 178 Å². The first-order valence-corrected chi connectivity index (χ1v) is 11.3. The van der Waals surface area contributed by atoms with Crippen molar-refractivity contribution < 1.29 is 9.90 Å². The zero-order valence-corrected chi connectivity index (χ0v) is 18.4. The molecular weight excluding hydrogens is 382 g/mol. The third-order valence-corrected chi connectivity index (χ3v) is 7.05. The van der Waals surface area contributed by atoms with Gasteiger partial charge in [0.05, 0.1) is 6.10 Å². The maximum absolute atomic E-state index is 13.1. The van der Waals surface area contributed by atoms with Crippen molar-refractivity contribution in [2.45, 2.75) is 45.3 Å². The molecule has 3 heterocycles. The lowest BCUT2D eigenvalue weighted by Gasteiger charge is -2.44. The summed E-state index contributed by atoms with van der Waals surface area (Å²) in [5.74, 6) is 0.948. The van der Waals surface area contributed by atoms with Crippen molar-refractivity contribution in [3.8, 4) is 0 Å². The molecule has 3 fully saturated rings. The van der Waals surface area contributed by atoms with Gasteiger partial charge in [0.1, 0.15) is 5.69 Å². The molecule has 2 aliphatic heterocycles. The number of aliphatic hydroxyl groups excluding tert-OH is 1.